The third-order valence-corrected chi connectivity index (χ3v) is 2.98. The van der Waals surface area contributed by atoms with Crippen LogP contribution in [0.2, 0.25) is 0 Å². The molecule has 0 saturated heterocycles. The van der Waals surface area contributed by atoms with Crippen LogP contribution in [0.4, 0.5) is 0 Å². The summed E-state index contributed by atoms with van der Waals surface area (Å²) < 4.78 is 0. The van der Waals surface area contributed by atoms with Crippen molar-refractivity contribution in [1.82, 2.24) is 5.32 Å². The first-order valence-corrected chi connectivity index (χ1v) is 6.13. The van der Waals surface area contributed by atoms with Gasteiger partial charge in [-0.2, -0.15) is 0 Å². The minimum absolute atomic E-state index is 0.295. The lowest BCUT2D eigenvalue weighted by Crippen LogP contribution is -2.25. The molecule has 2 atom stereocenters. The second-order valence-corrected chi connectivity index (χ2v) is 4.17. The van der Waals surface area contributed by atoms with Crippen molar-refractivity contribution in [1.29, 1.82) is 0 Å². The van der Waals surface area contributed by atoms with Gasteiger partial charge in [0.2, 0.25) is 0 Å². The molecule has 18 heavy (non-hydrogen) atoms. The van der Waals surface area contributed by atoms with E-state index in [1.54, 1.807) is 6.08 Å². The number of hydrogen-bond donors (Lipinski definition) is 1. The summed E-state index contributed by atoms with van der Waals surface area (Å²) in [5, 5.41) is 3.44. The summed E-state index contributed by atoms with van der Waals surface area (Å²) in [4.78, 5) is 0. The fourth-order valence-electron chi connectivity index (χ4n) is 2.02. The Morgan fingerprint density at radius 3 is 3.00 bits per heavy atom. The average Bonchev–Trinajstić information content (AvgIpc) is 2.43. The summed E-state index contributed by atoms with van der Waals surface area (Å²) in [6, 6.07) is 0. The Balaban J connectivity index is 2.14. The molecule has 2 aliphatic rings. The van der Waals surface area contributed by atoms with Crippen LogP contribution >= 0.6 is 0 Å². The molecule has 0 aromatic carbocycles. The lowest BCUT2D eigenvalue weighted by molar-refractivity contribution is 0.610. The molecule has 2 aliphatic carbocycles. The largest absolute Gasteiger partial charge is 0.358 e. The molecule has 1 nitrogen and oxygen atoms in total. The van der Waals surface area contributed by atoms with E-state index >= 15 is 0 Å². The first-order valence-electron chi connectivity index (χ1n) is 6.13. The summed E-state index contributed by atoms with van der Waals surface area (Å²) in [6.07, 6.45) is 18.2. The van der Waals surface area contributed by atoms with Crippen molar-refractivity contribution in [2.24, 2.45) is 11.8 Å². The Bertz CT molecular complexity index is 530. The van der Waals surface area contributed by atoms with Crippen LogP contribution in [0.5, 0.6) is 0 Å². The van der Waals surface area contributed by atoms with E-state index in [4.69, 9.17) is 0 Å². The minimum atomic E-state index is 0.295. The van der Waals surface area contributed by atoms with Gasteiger partial charge in [-0.25, -0.2) is 0 Å². The predicted molar refractivity (Wildman–Crippen MR) is 77.3 cm³/mol. The molecule has 90 valence electrons. The van der Waals surface area contributed by atoms with Gasteiger partial charge in [-0.15, -0.1) is 0 Å². The lowest BCUT2D eigenvalue weighted by atomic mass is 9.84. The van der Waals surface area contributed by atoms with Crippen LogP contribution < -0.4 is 5.32 Å². The first kappa shape index (κ1) is 12.3. The molecule has 2 rings (SSSR count). The third kappa shape index (κ3) is 2.73. The molecule has 0 aromatic rings. The quantitative estimate of drug-likeness (QED) is 0.581. The zero-order chi connectivity index (χ0) is 12.8. The van der Waals surface area contributed by atoms with Crippen molar-refractivity contribution >= 4 is 0 Å². The number of allylic oxidation sites excluding steroid dienone is 9. The molecule has 0 radical (unpaired) electrons. The molecule has 0 spiro atoms. The summed E-state index contributed by atoms with van der Waals surface area (Å²) in [6.45, 7) is 5.69. The molecule has 0 bridgehead atoms. The Labute approximate surface area is 109 Å². The second kappa shape index (κ2) is 5.93. The number of hydrogen-bond acceptors (Lipinski definition) is 1. The van der Waals surface area contributed by atoms with Gasteiger partial charge in [0.05, 0.1) is 5.92 Å². The number of fused-ring (bicyclic) bond motifs is 1. The molecule has 0 fully saturated rings. The van der Waals surface area contributed by atoms with Gasteiger partial charge in [0.1, 0.15) is 0 Å². The first-order chi connectivity index (χ1) is 8.85. The van der Waals surface area contributed by atoms with E-state index in [0.717, 1.165) is 11.4 Å². The molecule has 0 heterocycles. The summed E-state index contributed by atoms with van der Waals surface area (Å²) in [5.74, 6) is 6.95. The van der Waals surface area contributed by atoms with Gasteiger partial charge in [-0.1, -0.05) is 61.0 Å². The van der Waals surface area contributed by atoms with Crippen LogP contribution in [-0.2, 0) is 0 Å². The zero-order valence-corrected chi connectivity index (χ0v) is 10.6. The van der Waals surface area contributed by atoms with E-state index < -0.39 is 0 Å². The van der Waals surface area contributed by atoms with E-state index in [-0.39, 0.29) is 0 Å². The normalized spacial score (nSPS) is 25.2. The van der Waals surface area contributed by atoms with Crippen LogP contribution in [0.25, 0.3) is 0 Å². The van der Waals surface area contributed by atoms with E-state index in [1.165, 1.54) is 0 Å². The van der Waals surface area contributed by atoms with Crippen molar-refractivity contribution in [3.8, 4) is 11.8 Å². The molecule has 0 aliphatic heterocycles. The molecule has 1 heteroatoms. The van der Waals surface area contributed by atoms with Gasteiger partial charge in [-0.3, -0.25) is 0 Å². The number of nitrogens with one attached hydrogen (secondary N) is 1. The third-order valence-electron chi connectivity index (χ3n) is 2.98. The molecular weight excluding hydrogens is 218 g/mol. The monoisotopic (exact) mass is 235 g/mol. The Kier molecular flexibility index (Phi) is 4.04. The zero-order valence-electron chi connectivity index (χ0n) is 10.6. The van der Waals surface area contributed by atoms with Crippen molar-refractivity contribution in [3.05, 3.63) is 72.7 Å². The molecule has 2 unspecified atom stereocenters. The van der Waals surface area contributed by atoms with Crippen molar-refractivity contribution in [2.45, 2.75) is 6.92 Å². The molecule has 0 amide bonds. The Morgan fingerprint density at radius 2 is 2.22 bits per heavy atom. The highest BCUT2D eigenvalue weighted by Crippen LogP contribution is 2.27. The smallest absolute Gasteiger partial charge is 0.0507 e. The highest BCUT2D eigenvalue weighted by atomic mass is 14.9. The summed E-state index contributed by atoms with van der Waals surface area (Å²) >= 11 is 0. The van der Waals surface area contributed by atoms with Gasteiger partial charge >= 0.3 is 0 Å². The summed E-state index contributed by atoms with van der Waals surface area (Å²) in [7, 11) is 0. The molecule has 0 saturated carbocycles. The van der Waals surface area contributed by atoms with Crippen LogP contribution in [0.1, 0.15) is 6.92 Å². The van der Waals surface area contributed by atoms with Crippen molar-refractivity contribution in [3.63, 3.8) is 0 Å². The maximum Gasteiger partial charge on any atom is 0.0507 e. The lowest BCUT2D eigenvalue weighted by Gasteiger charge is -2.26. The van der Waals surface area contributed by atoms with Crippen LogP contribution in [-0.4, -0.2) is 0 Å². The predicted octanol–water partition coefficient (Wildman–Crippen LogP) is 3.48. The van der Waals surface area contributed by atoms with E-state index in [0.29, 0.717) is 11.8 Å². The van der Waals surface area contributed by atoms with Crippen LogP contribution in [0.3, 0.4) is 0 Å². The van der Waals surface area contributed by atoms with Crippen molar-refractivity contribution < 1.29 is 0 Å². The minimum Gasteiger partial charge on any atom is -0.358 e. The van der Waals surface area contributed by atoms with Gasteiger partial charge in [0.25, 0.3) is 0 Å². The highest BCUT2D eigenvalue weighted by molar-refractivity contribution is 5.40. The molecule has 0 aromatic heterocycles. The van der Waals surface area contributed by atoms with Gasteiger partial charge < -0.3 is 5.32 Å². The fourth-order valence-corrected chi connectivity index (χ4v) is 2.02. The summed E-state index contributed by atoms with van der Waals surface area (Å²) in [5.41, 5.74) is 2.22. The van der Waals surface area contributed by atoms with Crippen LogP contribution in [0.15, 0.2) is 72.7 Å². The van der Waals surface area contributed by atoms with Crippen LogP contribution in [0, 0.1) is 23.7 Å². The van der Waals surface area contributed by atoms with Gasteiger partial charge in [-0.05, 0) is 13.0 Å². The maximum atomic E-state index is 3.68. The number of rotatable bonds is 4. The highest BCUT2D eigenvalue weighted by Gasteiger charge is 2.22. The molecule has 1 N–H and O–H groups in total. The van der Waals surface area contributed by atoms with Gasteiger partial charge in [0, 0.05) is 23.4 Å². The Hall–Kier alpha value is -2.20. The maximum absolute atomic E-state index is 3.68. The van der Waals surface area contributed by atoms with E-state index in [2.05, 4.69) is 48.0 Å². The topological polar surface area (TPSA) is 12.0 Å². The Morgan fingerprint density at radius 1 is 1.39 bits per heavy atom. The SMILES string of the molecule is C=C/C=C\C(=C/C)NC1=CC#CC2C=CC=CC12. The standard InChI is InChI=1S/C17H17N/c1-3-5-11-15(4-2)18-17-13-8-10-14-9-6-7-12-16(14)17/h3-7,9,11-14,16,18H,1H2,2H3/b11-5-,15-4+. The second-order valence-electron chi connectivity index (χ2n) is 4.17. The van der Waals surface area contributed by atoms with Crippen molar-refractivity contribution in [2.75, 3.05) is 0 Å². The fraction of sp³-hybridized carbons (Fsp3) is 0.176. The molecular formula is C17H17N. The van der Waals surface area contributed by atoms with E-state index in [9.17, 15) is 0 Å². The van der Waals surface area contributed by atoms with Gasteiger partial charge in [0.15, 0.2) is 0 Å². The average molecular weight is 235 g/mol. The van der Waals surface area contributed by atoms with E-state index in [1.807, 2.05) is 31.2 Å².